The lowest BCUT2D eigenvalue weighted by Gasteiger charge is -2.22. The third-order valence-electron chi connectivity index (χ3n) is 2.82. The van der Waals surface area contributed by atoms with Gasteiger partial charge in [-0.1, -0.05) is 18.2 Å². The predicted molar refractivity (Wildman–Crippen MR) is 70.9 cm³/mol. The van der Waals surface area contributed by atoms with E-state index in [9.17, 15) is 4.79 Å². The molecular weight excluding hydrogens is 230 g/mol. The molecule has 0 bridgehead atoms. The SMILES string of the molecule is CNCc1cccc(C)c1OCC(C)(C)C(=O)O. The van der Waals surface area contributed by atoms with Crippen molar-refractivity contribution in [2.75, 3.05) is 13.7 Å². The maximum atomic E-state index is 11.0. The summed E-state index contributed by atoms with van der Waals surface area (Å²) in [6.07, 6.45) is 0. The molecule has 4 heteroatoms. The third kappa shape index (κ3) is 3.47. The summed E-state index contributed by atoms with van der Waals surface area (Å²) < 4.78 is 5.73. The van der Waals surface area contributed by atoms with E-state index in [0.717, 1.165) is 16.9 Å². The molecule has 1 aromatic rings. The third-order valence-corrected chi connectivity index (χ3v) is 2.82. The number of para-hydroxylation sites is 1. The average molecular weight is 251 g/mol. The van der Waals surface area contributed by atoms with E-state index in [2.05, 4.69) is 5.32 Å². The zero-order chi connectivity index (χ0) is 13.8. The van der Waals surface area contributed by atoms with E-state index >= 15 is 0 Å². The van der Waals surface area contributed by atoms with Gasteiger partial charge in [0.2, 0.25) is 0 Å². The molecule has 100 valence electrons. The van der Waals surface area contributed by atoms with Crippen molar-refractivity contribution in [3.05, 3.63) is 29.3 Å². The molecular formula is C14H21NO3. The van der Waals surface area contributed by atoms with Crippen molar-refractivity contribution >= 4 is 5.97 Å². The van der Waals surface area contributed by atoms with Crippen LogP contribution in [0.4, 0.5) is 0 Å². The van der Waals surface area contributed by atoms with Crippen LogP contribution in [0.2, 0.25) is 0 Å². The van der Waals surface area contributed by atoms with E-state index in [-0.39, 0.29) is 6.61 Å². The first-order chi connectivity index (χ1) is 8.38. The zero-order valence-electron chi connectivity index (χ0n) is 11.4. The minimum absolute atomic E-state index is 0.157. The van der Waals surface area contributed by atoms with Crippen LogP contribution in [-0.4, -0.2) is 24.7 Å². The summed E-state index contributed by atoms with van der Waals surface area (Å²) in [5.41, 5.74) is 1.17. The van der Waals surface area contributed by atoms with Gasteiger partial charge in [0.05, 0.1) is 5.41 Å². The van der Waals surface area contributed by atoms with Gasteiger partial charge in [-0.2, -0.15) is 0 Å². The van der Waals surface area contributed by atoms with Gasteiger partial charge in [-0.05, 0) is 33.4 Å². The predicted octanol–water partition coefficient (Wildman–Crippen LogP) is 2.20. The smallest absolute Gasteiger partial charge is 0.312 e. The summed E-state index contributed by atoms with van der Waals surface area (Å²) in [7, 11) is 1.87. The number of nitrogens with one attached hydrogen (secondary N) is 1. The first-order valence-electron chi connectivity index (χ1n) is 5.98. The quantitative estimate of drug-likeness (QED) is 0.813. The molecule has 0 saturated heterocycles. The van der Waals surface area contributed by atoms with Gasteiger partial charge >= 0.3 is 5.97 Å². The lowest BCUT2D eigenvalue weighted by Crippen LogP contribution is -2.31. The molecule has 0 atom stereocenters. The second-order valence-corrected chi connectivity index (χ2v) is 5.07. The largest absolute Gasteiger partial charge is 0.492 e. The van der Waals surface area contributed by atoms with Crippen LogP contribution in [-0.2, 0) is 11.3 Å². The van der Waals surface area contributed by atoms with Gasteiger partial charge in [-0.3, -0.25) is 4.79 Å². The number of aliphatic carboxylic acids is 1. The molecule has 1 rings (SSSR count). The highest BCUT2D eigenvalue weighted by molar-refractivity contribution is 5.73. The topological polar surface area (TPSA) is 58.6 Å². The van der Waals surface area contributed by atoms with Gasteiger partial charge in [-0.15, -0.1) is 0 Å². The maximum Gasteiger partial charge on any atom is 0.312 e. The lowest BCUT2D eigenvalue weighted by atomic mass is 9.95. The van der Waals surface area contributed by atoms with Crippen molar-refractivity contribution < 1.29 is 14.6 Å². The van der Waals surface area contributed by atoms with Crippen LogP contribution in [0.15, 0.2) is 18.2 Å². The molecule has 0 heterocycles. The standard InChI is InChI=1S/C14H21NO3/c1-10-6-5-7-11(8-15-4)12(10)18-9-14(2,3)13(16)17/h5-7,15H,8-9H2,1-4H3,(H,16,17). The first-order valence-corrected chi connectivity index (χ1v) is 5.98. The fourth-order valence-electron chi connectivity index (χ4n) is 1.56. The molecule has 0 aliphatic heterocycles. The normalized spacial score (nSPS) is 11.3. The minimum atomic E-state index is -0.890. The van der Waals surface area contributed by atoms with Crippen LogP contribution in [0, 0.1) is 12.3 Å². The average Bonchev–Trinajstić information content (AvgIpc) is 2.28. The number of ether oxygens (including phenoxy) is 1. The number of carbonyl (C=O) groups is 1. The highest BCUT2D eigenvalue weighted by Crippen LogP contribution is 2.26. The number of rotatable bonds is 6. The van der Waals surface area contributed by atoms with E-state index in [1.54, 1.807) is 13.8 Å². The van der Waals surface area contributed by atoms with Crippen molar-refractivity contribution in [1.82, 2.24) is 5.32 Å². The number of hydrogen-bond donors (Lipinski definition) is 2. The Morgan fingerprint density at radius 2 is 2.11 bits per heavy atom. The van der Waals surface area contributed by atoms with Gasteiger partial charge < -0.3 is 15.2 Å². The molecule has 2 N–H and O–H groups in total. The molecule has 0 radical (unpaired) electrons. The molecule has 0 amide bonds. The number of hydrogen-bond acceptors (Lipinski definition) is 3. The molecule has 1 aromatic carbocycles. The highest BCUT2D eigenvalue weighted by atomic mass is 16.5. The number of carboxylic acid groups (broad SMARTS) is 1. The summed E-state index contributed by atoms with van der Waals surface area (Å²) in [6, 6.07) is 5.91. The van der Waals surface area contributed by atoms with Crippen LogP contribution in [0.5, 0.6) is 5.75 Å². The van der Waals surface area contributed by atoms with Crippen LogP contribution >= 0.6 is 0 Å². The summed E-state index contributed by atoms with van der Waals surface area (Å²) in [6.45, 7) is 6.13. The van der Waals surface area contributed by atoms with Crippen LogP contribution in [0.3, 0.4) is 0 Å². The van der Waals surface area contributed by atoms with Crippen molar-refractivity contribution in [1.29, 1.82) is 0 Å². The monoisotopic (exact) mass is 251 g/mol. The zero-order valence-corrected chi connectivity index (χ0v) is 11.4. The Labute approximate surface area is 108 Å². The van der Waals surface area contributed by atoms with E-state index in [1.165, 1.54) is 0 Å². The fourth-order valence-corrected chi connectivity index (χ4v) is 1.56. The Kier molecular flexibility index (Phi) is 4.73. The van der Waals surface area contributed by atoms with Gasteiger partial charge in [0.25, 0.3) is 0 Å². The second-order valence-electron chi connectivity index (χ2n) is 5.07. The molecule has 0 spiro atoms. The van der Waals surface area contributed by atoms with E-state index in [1.807, 2.05) is 32.2 Å². The number of carboxylic acids is 1. The summed E-state index contributed by atoms with van der Waals surface area (Å²) >= 11 is 0. The molecule has 0 aliphatic rings. The minimum Gasteiger partial charge on any atom is -0.492 e. The molecule has 18 heavy (non-hydrogen) atoms. The van der Waals surface area contributed by atoms with Crippen LogP contribution in [0.1, 0.15) is 25.0 Å². The van der Waals surface area contributed by atoms with Crippen LogP contribution < -0.4 is 10.1 Å². The summed E-state index contributed by atoms with van der Waals surface area (Å²) in [5.74, 6) is -0.0765. The van der Waals surface area contributed by atoms with Crippen LogP contribution in [0.25, 0.3) is 0 Å². The summed E-state index contributed by atoms with van der Waals surface area (Å²) in [5, 5.41) is 12.1. The van der Waals surface area contributed by atoms with E-state index < -0.39 is 11.4 Å². The van der Waals surface area contributed by atoms with Crippen molar-refractivity contribution in [3.63, 3.8) is 0 Å². The van der Waals surface area contributed by atoms with Gasteiger partial charge in [0.1, 0.15) is 12.4 Å². The lowest BCUT2D eigenvalue weighted by molar-refractivity contribution is -0.148. The second kappa shape index (κ2) is 5.87. The van der Waals surface area contributed by atoms with E-state index in [4.69, 9.17) is 9.84 Å². The Hall–Kier alpha value is -1.55. The Morgan fingerprint density at radius 3 is 2.67 bits per heavy atom. The molecule has 0 aliphatic carbocycles. The molecule has 0 aromatic heterocycles. The molecule has 0 fully saturated rings. The van der Waals surface area contributed by atoms with E-state index in [0.29, 0.717) is 6.54 Å². The first kappa shape index (κ1) is 14.5. The van der Waals surface area contributed by atoms with Gasteiger partial charge in [-0.25, -0.2) is 0 Å². The van der Waals surface area contributed by atoms with Gasteiger partial charge in [0, 0.05) is 12.1 Å². The Bertz CT molecular complexity index is 427. The van der Waals surface area contributed by atoms with Crippen molar-refractivity contribution in [2.45, 2.75) is 27.3 Å². The Morgan fingerprint density at radius 1 is 1.44 bits per heavy atom. The number of aryl methyl sites for hydroxylation is 1. The van der Waals surface area contributed by atoms with Gasteiger partial charge in [0.15, 0.2) is 0 Å². The highest BCUT2D eigenvalue weighted by Gasteiger charge is 2.28. The summed E-state index contributed by atoms with van der Waals surface area (Å²) in [4.78, 5) is 11.0. The van der Waals surface area contributed by atoms with Crippen molar-refractivity contribution in [3.8, 4) is 5.75 Å². The molecule has 4 nitrogen and oxygen atoms in total. The van der Waals surface area contributed by atoms with Crippen molar-refractivity contribution in [2.24, 2.45) is 5.41 Å². The molecule has 0 unspecified atom stereocenters. The molecule has 0 saturated carbocycles. The maximum absolute atomic E-state index is 11.0. The fraction of sp³-hybridized carbons (Fsp3) is 0.500. The Balaban J connectivity index is 2.87. The number of benzene rings is 1.